The molecular formula is C11H16OS. The zero-order chi connectivity index (χ0) is 9.68. The summed E-state index contributed by atoms with van der Waals surface area (Å²) < 4.78 is 0. The van der Waals surface area contributed by atoms with Gasteiger partial charge in [-0.15, -0.1) is 11.8 Å². The van der Waals surface area contributed by atoms with Crippen LogP contribution in [-0.2, 0) is 0 Å². The summed E-state index contributed by atoms with van der Waals surface area (Å²) in [5.41, 5.74) is 1.03. The topological polar surface area (TPSA) is 20.2 Å². The Morgan fingerprint density at radius 3 is 2.38 bits per heavy atom. The molecule has 0 aliphatic carbocycles. The Morgan fingerprint density at radius 2 is 1.92 bits per heavy atom. The van der Waals surface area contributed by atoms with Gasteiger partial charge in [0.05, 0.1) is 6.10 Å². The second-order valence-corrected chi connectivity index (χ2v) is 3.96. The van der Waals surface area contributed by atoms with E-state index < -0.39 is 0 Å². The Morgan fingerprint density at radius 1 is 1.31 bits per heavy atom. The van der Waals surface area contributed by atoms with Gasteiger partial charge in [-0.25, -0.2) is 0 Å². The lowest BCUT2D eigenvalue weighted by molar-refractivity contribution is 0.166. The summed E-state index contributed by atoms with van der Waals surface area (Å²) >= 11 is 1.72. The smallest absolute Gasteiger partial charge is 0.0790 e. The number of hydrogen-bond acceptors (Lipinski definition) is 2. The summed E-state index contributed by atoms with van der Waals surface area (Å²) in [5, 5.41) is 9.68. The van der Waals surface area contributed by atoms with Crippen LogP contribution < -0.4 is 0 Å². The minimum atomic E-state index is -0.291. The van der Waals surface area contributed by atoms with Crippen LogP contribution in [-0.4, -0.2) is 11.4 Å². The van der Waals surface area contributed by atoms with Gasteiger partial charge in [-0.2, -0.15) is 0 Å². The molecule has 0 aromatic heterocycles. The van der Waals surface area contributed by atoms with E-state index >= 15 is 0 Å². The van der Waals surface area contributed by atoms with Crippen molar-refractivity contribution in [1.29, 1.82) is 0 Å². The van der Waals surface area contributed by atoms with Crippen molar-refractivity contribution in [2.45, 2.75) is 30.8 Å². The third-order valence-electron chi connectivity index (χ3n) is 2.06. The fraction of sp³-hybridized carbons (Fsp3) is 0.455. The van der Waals surface area contributed by atoms with Crippen LogP contribution in [0.5, 0.6) is 0 Å². The Balaban J connectivity index is 2.67. The minimum Gasteiger partial charge on any atom is -0.388 e. The SMILES string of the molecule is CCC[C@H](O)c1ccc(SC)cc1. The van der Waals surface area contributed by atoms with Gasteiger partial charge in [-0.05, 0) is 30.4 Å². The molecule has 0 radical (unpaired) electrons. The summed E-state index contributed by atoms with van der Waals surface area (Å²) in [5.74, 6) is 0. The van der Waals surface area contributed by atoms with Crippen LogP contribution in [0.3, 0.4) is 0 Å². The molecule has 1 aromatic carbocycles. The molecule has 1 N–H and O–H groups in total. The average molecular weight is 196 g/mol. The molecule has 0 saturated heterocycles. The van der Waals surface area contributed by atoms with E-state index in [2.05, 4.69) is 25.3 Å². The molecule has 0 fully saturated rings. The van der Waals surface area contributed by atoms with Crippen LogP contribution >= 0.6 is 11.8 Å². The minimum absolute atomic E-state index is 0.291. The number of aliphatic hydroxyl groups excluding tert-OH is 1. The molecule has 1 nitrogen and oxygen atoms in total. The normalized spacial score (nSPS) is 12.8. The van der Waals surface area contributed by atoms with Crippen molar-refractivity contribution in [2.75, 3.05) is 6.26 Å². The molecule has 0 amide bonds. The van der Waals surface area contributed by atoms with E-state index in [1.54, 1.807) is 11.8 Å². The van der Waals surface area contributed by atoms with Gasteiger partial charge in [0.1, 0.15) is 0 Å². The van der Waals surface area contributed by atoms with Crippen LogP contribution in [0.25, 0.3) is 0 Å². The third-order valence-corrected chi connectivity index (χ3v) is 2.81. The van der Waals surface area contributed by atoms with Gasteiger partial charge in [-0.1, -0.05) is 25.5 Å². The zero-order valence-corrected chi connectivity index (χ0v) is 8.97. The Labute approximate surface area is 84.2 Å². The number of benzene rings is 1. The van der Waals surface area contributed by atoms with Gasteiger partial charge in [0, 0.05) is 4.90 Å². The van der Waals surface area contributed by atoms with Crippen molar-refractivity contribution in [3.05, 3.63) is 29.8 Å². The van der Waals surface area contributed by atoms with Crippen molar-refractivity contribution in [3.8, 4) is 0 Å². The summed E-state index contributed by atoms with van der Waals surface area (Å²) in [6, 6.07) is 8.12. The molecule has 0 spiro atoms. The lowest BCUT2D eigenvalue weighted by Crippen LogP contribution is -1.95. The average Bonchev–Trinajstić information content (AvgIpc) is 2.18. The Bertz CT molecular complexity index is 243. The summed E-state index contributed by atoms with van der Waals surface area (Å²) in [4.78, 5) is 1.24. The predicted octanol–water partition coefficient (Wildman–Crippen LogP) is 3.24. The highest BCUT2D eigenvalue weighted by atomic mass is 32.2. The fourth-order valence-electron chi connectivity index (χ4n) is 1.27. The number of thioether (sulfide) groups is 1. The maximum Gasteiger partial charge on any atom is 0.0790 e. The van der Waals surface area contributed by atoms with E-state index in [4.69, 9.17) is 0 Å². The fourth-order valence-corrected chi connectivity index (χ4v) is 1.67. The molecule has 0 heterocycles. The van der Waals surface area contributed by atoms with Gasteiger partial charge in [0.15, 0.2) is 0 Å². The molecule has 0 unspecified atom stereocenters. The van der Waals surface area contributed by atoms with Crippen LogP contribution in [0.4, 0.5) is 0 Å². The molecule has 1 rings (SSSR count). The molecule has 13 heavy (non-hydrogen) atoms. The first-order chi connectivity index (χ1) is 6.27. The molecule has 72 valence electrons. The number of rotatable bonds is 4. The van der Waals surface area contributed by atoms with Crippen LogP contribution in [0.15, 0.2) is 29.2 Å². The maximum absolute atomic E-state index is 9.68. The molecule has 0 aliphatic rings. The van der Waals surface area contributed by atoms with Crippen LogP contribution in [0.1, 0.15) is 31.4 Å². The van der Waals surface area contributed by atoms with Gasteiger partial charge >= 0.3 is 0 Å². The first kappa shape index (κ1) is 10.6. The number of hydrogen-bond donors (Lipinski definition) is 1. The summed E-state index contributed by atoms with van der Waals surface area (Å²) in [7, 11) is 0. The second-order valence-electron chi connectivity index (χ2n) is 3.08. The van der Waals surface area contributed by atoms with E-state index in [-0.39, 0.29) is 6.10 Å². The van der Waals surface area contributed by atoms with Gasteiger partial charge < -0.3 is 5.11 Å². The van der Waals surface area contributed by atoms with E-state index in [1.807, 2.05) is 12.1 Å². The van der Waals surface area contributed by atoms with Crippen molar-refractivity contribution in [1.82, 2.24) is 0 Å². The van der Waals surface area contributed by atoms with Gasteiger partial charge in [0.2, 0.25) is 0 Å². The standard InChI is InChI=1S/C11H16OS/c1-3-4-11(12)9-5-7-10(13-2)8-6-9/h5-8,11-12H,3-4H2,1-2H3/t11-/m0/s1. The largest absolute Gasteiger partial charge is 0.388 e. The lowest BCUT2D eigenvalue weighted by Gasteiger charge is -2.09. The highest BCUT2D eigenvalue weighted by molar-refractivity contribution is 7.98. The van der Waals surface area contributed by atoms with Crippen molar-refractivity contribution in [3.63, 3.8) is 0 Å². The van der Waals surface area contributed by atoms with E-state index in [0.29, 0.717) is 0 Å². The highest BCUT2D eigenvalue weighted by Gasteiger charge is 2.04. The van der Waals surface area contributed by atoms with Crippen LogP contribution in [0.2, 0.25) is 0 Å². The first-order valence-corrected chi connectivity index (χ1v) is 5.82. The summed E-state index contributed by atoms with van der Waals surface area (Å²) in [6.07, 6.45) is 3.63. The monoisotopic (exact) mass is 196 g/mol. The summed E-state index contributed by atoms with van der Waals surface area (Å²) in [6.45, 7) is 2.08. The quantitative estimate of drug-likeness (QED) is 0.746. The molecule has 2 heteroatoms. The predicted molar refractivity (Wildman–Crippen MR) is 58.1 cm³/mol. The molecular weight excluding hydrogens is 180 g/mol. The van der Waals surface area contributed by atoms with E-state index in [9.17, 15) is 5.11 Å². The zero-order valence-electron chi connectivity index (χ0n) is 8.16. The van der Waals surface area contributed by atoms with Gasteiger partial charge in [0.25, 0.3) is 0 Å². The third kappa shape index (κ3) is 3.05. The van der Waals surface area contributed by atoms with Crippen molar-refractivity contribution in [2.24, 2.45) is 0 Å². The molecule has 0 bridgehead atoms. The first-order valence-electron chi connectivity index (χ1n) is 4.60. The Kier molecular flexibility index (Phi) is 4.33. The van der Waals surface area contributed by atoms with Gasteiger partial charge in [-0.3, -0.25) is 0 Å². The Hall–Kier alpha value is -0.470. The highest BCUT2D eigenvalue weighted by Crippen LogP contribution is 2.21. The van der Waals surface area contributed by atoms with Crippen molar-refractivity contribution >= 4 is 11.8 Å². The van der Waals surface area contributed by atoms with E-state index in [1.165, 1.54) is 4.90 Å². The molecule has 0 aliphatic heterocycles. The lowest BCUT2D eigenvalue weighted by atomic mass is 10.1. The molecule has 1 aromatic rings. The maximum atomic E-state index is 9.68. The van der Waals surface area contributed by atoms with Crippen molar-refractivity contribution < 1.29 is 5.11 Å². The second kappa shape index (κ2) is 5.30. The molecule has 0 saturated carbocycles. The van der Waals surface area contributed by atoms with Crippen LogP contribution in [0, 0.1) is 0 Å². The molecule has 1 atom stereocenters. The number of aliphatic hydroxyl groups is 1. The van der Waals surface area contributed by atoms with E-state index in [0.717, 1.165) is 18.4 Å².